The van der Waals surface area contributed by atoms with E-state index in [1.165, 1.54) is 7.11 Å². The average Bonchev–Trinajstić information content (AvgIpc) is 2.76. The van der Waals surface area contributed by atoms with Gasteiger partial charge in [0, 0.05) is 18.7 Å². The van der Waals surface area contributed by atoms with Crippen molar-refractivity contribution < 1.29 is 14.3 Å². The quantitative estimate of drug-likeness (QED) is 0.797. The van der Waals surface area contributed by atoms with E-state index in [1.807, 2.05) is 39.0 Å². The van der Waals surface area contributed by atoms with E-state index >= 15 is 0 Å². The molecule has 4 heteroatoms. The average molecular weight is 275 g/mol. The van der Waals surface area contributed by atoms with Crippen molar-refractivity contribution in [3.8, 4) is 0 Å². The van der Waals surface area contributed by atoms with Crippen LogP contribution >= 0.6 is 0 Å². The van der Waals surface area contributed by atoms with Gasteiger partial charge in [0.2, 0.25) is 5.91 Å². The normalized spacial score (nSPS) is 22.2. The lowest BCUT2D eigenvalue weighted by atomic mass is 9.84. The minimum atomic E-state index is -0.708. The van der Waals surface area contributed by atoms with Gasteiger partial charge in [-0.3, -0.25) is 9.59 Å². The third-order valence-corrected chi connectivity index (χ3v) is 4.26. The molecule has 4 nitrogen and oxygen atoms in total. The molecule has 0 unspecified atom stereocenters. The number of nitrogens with zero attached hydrogens (tertiary/aromatic N) is 1. The summed E-state index contributed by atoms with van der Waals surface area (Å²) in [6.45, 7) is 6.30. The predicted molar refractivity (Wildman–Crippen MR) is 77.6 cm³/mol. The molecule has 1 fully saturated rings. The first-order valence-corrected chi connectivity index (χ1v) is 6.90. The molecule has 0 aromatic heterocycles. The fourth-order valence-corrected chi connectivity index (χ4v) is 3.00. The van der Waals surface area contributed by atoms with Crippen molar-refractivity contribution in [3.05, 3.63) is 29.3 Å². The number of aryl methyl sites for hydroxylation is 2. The standard InChI is InChI=1S/C16H21NO3/c1-5-16(15(19)20-4)9-13(18)17(10-16)14-11(2)7-6-8-12(14)3/h6-8H,5,9-10H2,1-4H3/t16-/m0/s1. The van der Waals surface area contributed by atoms with Gasteiger partial charge in [0.25, 0.3) is 0 Å². The van der Waals surface area contributed by atoms with Crippen LogP contribution < -0.4 is 4.90 Å². The Morgan fingerprint density at radius 2 is 1.95 bits per heavy atom. The van der Waals surface area contributed by atoms with Crippen molar-refractivity contribution in [1.82, 2.24) is 0 Å². The second kappa shape index (κ2) is 5.27. The number of hydrogen-bond donors (Lipinski definition) is 0. The van der Waals surface area contributed by atoms with Crippen LogP contribution in [-0.4, -0.2) is 25.5 Å². The lowest BCUT2D eigenvalue weighted by Crippen LogP contribution is -2.35. The van der Waals surface area contributed by atoms with Crippen LogP contribution in [0.4, 0.5) is 5.69 Å². The van der Waals surface area contributed by atoms with E-state index in [2.05, 4.69) is 0 Å². The number of benzene rings is 1. The van der Waals surface area contributed by atoms with Gasteiger partial charge in [0.05, 0.1) is 12.5 Å². The second-order valence-electron chi connectivity index (χ2n) is 5.52. The summed E-state index contributed by atoms with van der Waals surface area (Å²) < 4.78 is 4.90. The summed E-state index contributed by atoms with van der Waals surface area (Å²) in [6, 6.07) is 5.95. The Morgan fingerprint density at radius 1 is 1.35 bits per heavy atom. The van der Waals surface area contributed by atoms with Gasteiger partial charge in [0.15, 0.2) is 0 Å². The fraction of sp³-hybridized carbons (Fsp3) is 0.500. The number of methoxy groups -OCH3 is 1. The van der Waals surface area contributed by atoms with Gasteiger partial charge in [-0.25, -0.2) is 0 Å². The van der Waals surface area contributed by atoms with E-state index in [1.54, 1.807) is 4.90 Å². The Labute approximate surface area is 119 Å². The topological polar surface area (TPSA) is 46.6 Å². The SMILES string of the molecule is CC[C@]1(C(=O)OC)CC(=O)N(c2c(C)cccc2C)C1. The first-order valence-electron chi connectivity index (χ1n) is 6.90. The van der Waals surface area contributed by atoms with Gasteiger partial charge in [-0.05, 0) is 31.4 Å². The number of carbonyl (C=O) groups excluding carboxylic acids is 2. The fourth-order valence-electron chi connectivity index (χ4n) is 3.00. The van der Waals surface area contributed by atoms with E-state index in [-0.39, 0.29) is 18.3 Å². The molecule has 0 radical (unpaired) electrons. The number of para-hydroxylation sites is 1. The summed E-state index contributed by atoms with van der Waals surface area (Å²) in [4.78, 5) is 26.2. The largest absolute Gasteiger partial charge is 0.469 e. The summed E-state index contributed by atoms with van der Waals surface area (Å²) in [5.41, 5.74) is 2.32. The lowest BCUT2D eigenvalue weighted by Gasteiger charge is -2.26. The molecule has 2 rings (SSSR count). The predicted octanol–water partition coefficient (Wildman–Crippen LogP) is 2.61. The Kier molecular flexibility index (Phi) is 3.84. The molecular formula is C16H21NO3. The number of ether oxygens (including phenoxy) is 1. The highest BCUT2D eigenvalue weighted by Gasteiger charge is 2.49. The highest BCUT2D eigenvalue weighted by Crippen LogP contribution is 2.40. The van der Waals surface area contributed by atoms with Gasteiger partial charge in [-0.2, -0.15) is 0 Å². The van der Waals surface area contributed by atoms with Crippen molar-refractivity contribution in [2.75, 3.05) is 18.6 Å². The van der Waals surface area contributed by atoms with Crippen molar-refractivity contribution in [2.45, 2.75) is 33.6 Å². The first kappa shape index (κ1) is 14.6. The Bertz CT molecular complexity index is 532. The third kappa shape index (κ3) is 2.19. The smallest absolute Gasteiger partial charge is 0.314 e. The van der Waals surface area contributed by atoms with Crippen LogP contribution in [0.3, 0.4) is 0 Å². The molecular weight excluding hydrogens is 254 g/mol. The number of hydrogen-bond acceptors (Lipinski definition) is 3. The van der Waals surface area contributed by atoms with Crippen LogP contribution in [0.25, 0.3) is 0 Å². The van der Waals surface area contributed by atoms with Gasteiger partial charge in [-0.1, -0.05) is 25.1 Å². The first-order chi connectivity index (χ1) is 9.45. The molecule has 0 saturated carbocycles. The van der Waals surface area contributed by atoms with Crippen LogP contribution in [0.1, 0.15) is 30.9 Å². The highest BCUT2D eigenvalue weighted by molar-refractivity contribution is 6.02. The minimum absolute atomic E-state index is 0.00495. The second-order valence-corrected chi connectivity index (χ2v) is 5.52. The summed E-state index contributed by atoms with van der Waals surface area (Å²) in [7, 11) is 1.38. The number of rotatable bonds is 3. The molecule has 20 heavy (non-hydrogen) atoms. The Morgan fingerprint density at radius 3 is 2.45 bits per heavy atom. The maximum absolute atomic E-state index is 12.4. The molecule has 1 aliphatic rings. The van der Waals surface area contributed by atoms with Crippen molar-refractivity contribution >= 4 is 17.6 Å². The highest BCUT2D eigenvalue weighted by atomic mass is 16.5. The molecule has 0 N–H and O–H groups in total. The Balaban J connectivity index is 2.41. The van der Waals surface area contributed by atoms with Crippen LogP contribution in [0.15, 0.2) is 18.2 Å². The van der Waals surface area contributed by atoms with Crippen molar-refractivity contribution in [2.24, 2.45) is 5.41 Å². The zero-order valence-corrected chi connectivity index (χ0v) is 12.5. The Hall–Kier alpha value is -1.84. The number of carbonyl (C=O) groups is 2. The van der Waals surface area contributed by atoms with E-state index < -0.39 is 5.41 Å². The zero-order chi connectivity index (χ0) is 14.9. The molecule has 0 bridgehead atoms. The molecule has 1 amide bonds. The van der Waals surface area contributed by atoms with Crippen LogP contribution in [0, 0.1) is 19.3 Å². The molecule has 1 heterocycles. The number of anilines is 1. The molecule has 0 spiro atoms. The molecule has 1 aliphatic heterocycles. The molecule has 108 valence electrons. The van der Waals surface area contributed by atoms with Crippen LogP contribution in [-0.2, 0) is 14.3 Å². The monoisotopic (exact) mass is 275 g/mol. The van der Waals surface area contributed by atoms with E-state index in [4.69, 9.17) is 4.74 Å². The van der Waals surface area contributed by atoms with E-state index in [0.717, 1.165) is 16.8 Å². The van der Waals surface area contributed by atoms with Crippen molar-refractivity contribution in [3.63, 3.8) is 0 Å². The summed E-state index contributed by atoms with van der Waals surface area (Å²) in [5.74, 6) is -0.295. The molecule has 1 aromatic rings. The zero-order valence-electron chi connectivity index (χ0n) is 12.5. The molecule has 1 aromatic carbocycles. The summed E-state index contributed by atoms with van der Waals surface area (Å²) in [5, 5.41) is 0. The van der Waals surface area contributed by atoms with Gasteiger partial charge in [-0.15, -0.1) is 0 Å². The number of esters is 1. The van der Waals surface area contributed by atoms with E-state index in [0.29, 0.717) is 13.0 Å². The van der Waals surface area contributed by atoms with Gasteiger partial charge < -0.3 is 9.64 Å². The molecule has 1 atom stereocenters. The van der Waals surface area contributed by atoms with E-state index in [9.17, 15) is 9.59 Å². The maximum atomic E-state index is 12.4. The minimum Gasteiger partial charge on any atom is -0.469 e. The van der Waals surface area contributed by atoms with Crippen LogP contribution in [0.5, 0.6) is 0 Å². The third-order valence-electron chi connectivity index (χ3n) is 4.26. The molecule has 0 aliphatic carbocycles. The summed E-state index contributed by atoms with van der Waals surface area (Å²) >= 11 is 0. The maximum Gasteiger partial charge on any atom is 0.314 e. The van der Waals surface area contributed by atoms with Crippen molar-refractivity contribution in [1.29, 1.82) is 0 Å². The van der Waals surface area contributed by atoms with Crippen LogP contribution in [0.2, 0.25) is 0 Å². The van der Waals surface area contributed by atoms with Gasteiger partial charge in [0.1, 0.15) is 0 Å². The molecule has 1 saturated heterocycles. The lowest BCUT2D eigenvalue weighted by molar-refractivity contribution is -0.152. The van der Waals surface area contributed by atoms with Gasteiger partial charge >= 0.3 is 5.97 Å². The number of amides is 1. The summed E-state index contributed by atoms with van der Waals surface area (Å²) in [6.07, 6.45) is 0.830.